The summed E-state index contributed by atoms with van der Waals surface area (Å²) in [5.41, 5.74) is 0.990. The summed E-state index contributed by atoms with van der Waals surface area (Å²) in [6.07, 6.45) is 0. The number of benzene rings is 2. The standard InChI is InChI=1S/C19H12ClFN6O3/c20-11-3-1-10(2-4-11)17-22-14(30-24-17)9-26-16-15(23-25-26)18(28)27(19(16)29)13-7-5-12(21)6-8-13/h1-8,15-16H,9H2/t15-,16-/m0/s1. The Morgan fingerprint density at radius 3 is 2.50 bits per heavy atom. The molecule has 2 amide bonds. The molecule has 0 spiro atoms. The summed E-state index contributed by atoms with van der Waals surface area (Å²) in [7, 11) is 0. The zero-order valence-electron chi connectivity index (χ0n) is 15.1. The van der Waals surface area contributed by atoms with Gasteiger partial charge >= 0.3 is 0 Å². The summed E-state index contributed by atoms with van der Waals surface area (Å²) in [6.45, 7) is 0.00152. The van der Waals surface area contributed by atoms with Crippen molar-refractivity contribution >= 4 is 29.1 Å². The minimum absolute atomic E-state index is 0.00152. The number of fused-ring (bicyclic) bond motifs is 1. The normalized spacial score (nSPS) is 20.3. The average Bonchev–Trinajstić information content (AvgIpc) is 3.43. The highest BCUT2D eigenvalue weighted by molar-refractivity contribution is 6.30. The van der Waals surface area contributed by atoms with Crippen LogP contribution < -0.4 is 4.90 Å². The van der Waals surface area contributed by atoms with Crippen LogP contribution in [0.5, 0.6) is 0 Å². The van der Waals surface area contributed by atoms with Crippen molar-refractivity contribution in [2.24, 2.45) is 10.3 Å². The van der Waals surface area contributed by atoms with Crippen LogP contribution in [0.25, 0.3) is 11.4 Å². The highest BCUT2D eigenvalue weighted by Crippen LogP contribution is 2.32. The number of nitrogens with zero attached hydrogens (tertiary/aromatic N) is 6. The van der Waals surface area contributed by atoms with E-state index in [0.717, 1.165) is 4.90 Å². The largest absolute Gasteiger partial charge is 0.337 e. The molecule has 150 valence electrons. The fourth-order valence-electron chi connectivity index (χ4n) is 3.37. The smallest absolute Gasteiger partial charge is 0.263 e. The molecule has 9 nitrogen and oxygen atoms in total. The van der Waals surface area contributed by atoms with E-state index in [9.17, 15) is 14.0 Å². The van der Waals surface area contributed by atoms with Gasteiger partial charge in [0, 0.05) is 10.6 Å². The Balaban J connectivity index is 1.36. The number of carbonyl (C=O) groups is 2. The maximum atomic E-state index is 13.2. The number of rotatable bonds is 4. The highest BCUT2D eigenvalue weighted by Gasteiger charge is 2.55. The minimum atomic E-state index is -0.971. The maximum absolute atomic E-state index is 13.2. The van der Waals surface area contributed by atoms with E-state index < -0.39 is 29.7 Å². The van der Waals surface area contributed by atoms with E-state index in [1.165, 1.54) is 29.3 Å². The second-order valence-corrected chi connectivity index (χ2v) is 7.14. The lowest BCUT2D eigenvalue weighted by molar-refractivity contribution is -0.123. The van der Waals surface area contributed by atoms with Crippen LogP contribution in [-0.2, 0) is 16.1 Å². The molecule has 5 rings (SSSR count). The van der Waals surface area contributed by atoms with E-state index in [0.29, 0.717) is 16.4 Å². The van der Waals surface area contributed by atoms with Gasteiger partial charge in [-0.05, 0) is 48.5 Å². The van der Waals surface area contributed by atoms with E-state index in [-0.39, 0.29) is 18.1 Å². The number of imide groups is 1. The van der Waals surface area contributed by atoms with Crippen molar-refractivity contribution in [2.75, 3.05) is 4.90 Å². The van der Waals surface area contributed by atoms with Crippen molar-refractivity contribution in [1.82, 2.24) is 15.1 Å². The first-order chi connectivity index (χ1) is 14.5. The highest BCUT2D eigenvalue weighted by atomic mass is 35.5. The second-order valence-electron chi connectivity index (χ2n) is 6.70. The van der Waals surface area contributed by atoms with Crippen LogP contribution in [0, 0.1) is 5.82 Å². The summed E-state index contributed by atoms with van der Waals surface area (Å²) in [6, 6.07) is 10.1. The Kier molecular flexibility index (Phi) is 4.28. The fraction of sp³-hybridized carbons (Fsp3) is 0.158. The third-order valence-corrected chi connectivity index (χ3v) is 5.06. The van der Waals surface area contributed by atoms with Gasteiger partial charge in [0.1, 0.15) is 12.4 Å². The van der Waals surface area contributed by atoms with Gasteiger partial charge in [0.2, 0.25) is 11.7 Å². The number of halogens is 2. The number of amides is 2. The topological polar surface area (TPSA) is 104 Å². The number of hydrogen-bond donors (Lipinski definition) is 0. The predicted molar refractivity (Wildman–Crippen MR) is 102 cm³/mol. The maximum Gasteiger partial charge on any atom is 0.263 e. The van der Waals surface area contributed by atoms with Crippen molar-refractivity contribution < 1.29 is 18.5 Å². The molecule has 0 radical (unpaired) electrons. The van der Waals surface area contributed by atoms with Gasteiger partial charge in [-0.15, -0.1) is 0 Å². The van der Waals surface area contributed by atoms with Crippen LogP contribution in [-0.4, -0.2) is 39.0 Å². The molecular formula is C19H12ClFN6O3. The van der Waals surface area contributed by atoms with Gasteiger partial charge in [0.25, 0.3) is 11.8 Å². The summed E-state index contributed by atoms with van der Waals surface area (Å²) >= 11 is 5.88. The molecule has 30 heavy (non-hydrogen) atoms. The summed E-state index contributed by atoms with van der Waals surface area (Å²) in [4.78, 5) is 30.9. The van der Waals surface area contributed by atoms with Crippen LogP contribution in [0.3, 0.4) is 0 Å². The third kappa shape index (κ3) is 3.01. The average molecular weight is 427 g/mol. The van der Waals surface area contributed by atoms with E-state index in [1.807, 2.05) is 0 Å². The number of carbonyl (C=O) groups excluding carboxylic acids is 2. The van der Waals surface area contributed by atoms with Crippen LogP contribution in [0.4, 0.5) is 10.1 Å². The quantitative estimate of drug-likeness (QED) is 0.594. The zero-order chi connectivity index (χ0) is 20.8. The van der Waals surface area contributed by atoms with Crippen molar-refractivity contribution in [3.8, 4) is 11.4 Å². The van der Waals surface area contributed by atoms with Gasteiger partial charge < -0.3 is 4.52 Å². The zero-order valence-corrected chi connectivity index (χ0v) is 15.9. The Morgan fingerprint density at radius 2 is 1.77 bits per heavy atom. The Bertz CT molecular complexity index is 1160. The summed E-state index contributed by atoms with van der Waals surface area (Å²) < 4.78 is 18.4. The van der Waals surface area contributed by atoms with Gasteiger partial charge in [-0.25, -0.2) is 9.29 Å². The van der Waals surface area contributed by atoms with Crippen LogP contribution in [0.2, 0.25) is 5.02 Å². The van der Waals surface area contributed by atoms with E-state index >= 15 is 0 Å². The van der Waals surface area contributed by atoms with Crippen molar-refractivity contribution in [3.63, 3.8) is 0 Å². The molecule has 2 aromatic carbocycles. The van der Waals surface area contributed by atoms with Crippen molar-refractivity contribution in [2.45, 2.75) is 18.6 Å². The van der Waals surface area contributed by atoms with Gasteiger partial charge in [-0.3, -0.25) is 14.6 Å². The third-order valence-electron chi connectivity index (χ3n) is 4.81. The Labute approximate surface area is 173 Å². The number of anilines is 1. The fourth-order valence-corrected chi connectivity index (χ4v) is 3.50. The molecule has 2 atom stereocenters. The molecular weight excluding hydrogens is 415 g/mol. The lowest BCUT2D eigenvalue weighted by Gasteiger charge is -2.19. The van der Waals surface area contributed by atoms with Crippen LogP contribution >= 0.6 is 11.6 Å². The molecule has 1 aromatic heterocycles. The molecule has 2 aliphatic rings. The molecule has 0 aliphatic carbocycles. The Morgan fingerprint density at radius 1 is 1.03 bits per heavy atom. The first kappa shape index (κ1) is 18.4. The van der Waals surface area contributed by atoms with E-state index in [1.54, 1.807) is 24.3 Å². The first-order valence-electron chi connectivity index (χ1n) is 8.90. The second kappa shape index (κ2) is 6.99. The van der Waals surface area contributed by atoms with Crippen LogP contribution in [0.15, 0.2) is 63.4 Å². The first-order valence-corrected chi connectivity index (χ1v) is 9.28. The molecule has 2 aliphatic heterocycles. The van der Waals surface area contributed by atoms with Crippen molar-refractivity contribution in [1.29, 1.82) is 0 Å². The number of hydrogen-bond acceptors (Lipinski definition) is 8. The number of aromatic nitrogens is 2. The Hall–Kier alpha value is -3.66. The lowest BCUT2D eigenvalue weighted by atomic mass is 10.1. The van der Waals surface area contributed by atoms with Gasteiger partial charge in [0.15, 0.2) is 12.1 Å². The SMILES string of the molecule is O=C1[C@H]2N=NN(Cc3nc(-c4ccc(Cl)cc4)no3)[C@@H]2C(=O)N1c1ccc(F)cc1. The molecule has 0 bridgehead atoms. The van der Waals surface area contributed by atoms with Gasteiger partial charge in [-0.1, -0.05) is 22.0 Å². The van der Waals surface area contributed by atoms with Crippen molar-refractivity contribution in [3.05, 3.63) is 65.3 Å². The molecule has 0 N–H and O–H groups in total. The van der Waals surface area contributed by atoms with Crippen LogP contribution in [0.1, 0.15) is 5.89 Å². The summed E-state index contributed by atoms with van der Waals surface area (Å²) in [5.74, 6) is -0.919. The molecule has 1 fully saturated rings. The lowest BCUT2D eigenvalue weighted by Crippen LogP contribution is -2.39. The molecule has 11 heteroatoms. The monoisotopic (exact) mass is 426 g/mol. The molecule has 1 saturated heterocycles. The minimum Gasteiger partial charge on any atom is -0.337 e. The molecule has 3 aromatic rings. The van der Waals surface area contributed by atoms with Gasteiger partial charge in [0.05, 0.1) is 5.69 Å². The van der Waals surface area contributed by atoms with E-state index in [4.69, 9.17) is 16.1 Å². The summed E-state index contributed by atoms with van der Waals surface area (Å²) in [5, 5.41) is 13.7. The predicted octanol–water partition coefficient (Wildman–Crippen LogP) is 3.02. The molecule has 0 unspecified atom stereocenters. The molecule has 3 heterocycles. The van der Waals surface area contributed by atoms with Gasteiger partial charge in [-0.2, -0.15) is 10.1 Å². The van der Waals surface area contributed by atoms with E-state index in [2.05, 4.69) is 20.5 Å². The molecule has 0 saturated carbocycles.